The van der Waals surface area contributed by atoms with Crippen LogP contribution in [0.5, 0.6) is 5.75 Å². The fraction of sp³-hybridized carbons (Fsp3) is 0.417. The average molecular weight is 503 g/mol. The Morgan fingerprint density at radius 1 is 1.29 bits per heavy atom. The van der Waals surface area contributed by atoms with Crippen molar-refractivity contribution in [3.8, 4) is 5.75 Å². The summed E-state index contributed by atoms with van der Waals surface area (Å²) >= 11 is 5.78. The van der Waals surface area contributed by atoms with Gasteiger partial charge in [0, 0.05) is 45.0 Å². The lowest BCUT2D eigenvalue weighted by Crippen LogP contribution is -2.51. The normalized spacial score (nSPS) is 22.7. The van der Waals surface area contributed by atoms with Gasteiger partial charge in [-0.05, 0) is 25.3 Å². The number of fused-ring (bicyclic) bond motifs is 2. The first-order chi connectivity index (χ1) is 16.6. The van der Waals surface area contributed by atoms with Crippen LogP contribution in [0.25, 0.3) is 0 Å². The van der Waals surface area contributed by atoms with Crippen LogP contribution in [0, 0.1) is 11.7 Å². The fourth-order valence-corrected chi connectivity index (χ4v) is 5.09. The molecule has 2 aromatic rings. The lowest BCUT2D eigenvalue weighted by Gasteiger charge is -2.38. The van der Waals surface area contributed by atoms with Gasteiger partial charge in [0.2, 0.25) is 11.3 Å². The lowest BCUT2D eigenvalue weighted by atomic mass is 10.0. The fourth-order valence-electron chi connectivity index (χ4n) is 4.90. The summed E-state index contributed by atoms with van der Waals surface area (Å²) in [4.78, 5) is 55.0. The van der Waals surface area contributed by atoms with E-state index in [1.54, 1.807) is 19.0 Å². The number of carbonyl (C=O) groups excluding carboxylic acids is 3. The first kappa shape index (κ1) is 23.3. The van der Waals surface area contributed by atoms with Gasteiger partial charge in [-0.25, -0.2) is 4.39 Å². The zero-order valence-electron chi connectivity index (χ0n) is 19.2. The number of hydrogen-bond acceptors (Lipinski definition) is 5. The van der Waals surface area contributed by atoms with Crippen LogP contribution in [0.4, 0.5) is 4.39 Å². The molecule has 1 spiro atoms. The predicted octanol–water partition coefficient (Wildman–Crippen LogP) is 1.70. The molecule has 2 fully saturated rings. The number of benzene rings is 1. The molecule has 2 aliphatic carbocycles. The van der Waals surface area contributed by atoms with E-state index in [1.807, 2.05) is 0 Å². The Labute approximate surface area is 205 Å². The number of aromatic nitrogens is 1. The van der Waals surface area contributed by atoms with E-state index < -0.39 is 45.8 Å². The topological polar surface area (TPSA) is 112 Å². The standard InChI is InChI=1S/C24H24ClFN4O5/c1-28(2)22(34)15-8-24(15)11-29(13-6-7-13)23(35)18-20(32)19(31)14(10-30(18)24)21(33)27-9-12-4-3-5-16(25)17(12)26/h3-5,10,13,15,32H,6-9,11H2,1-2H3,(H,27,33). The third kappa shape index (κ3) is 3.67. The van der Waals surface area contributed by atoms with Gasteiger partial charge < -0.3 is 24.8 Å². The van der Waals surface area contributed by atoms with Crippen LogP contribution in [0.3, 0.4) is 0 Å². The molecule has 1 aromatic heterocycles. The van der Waals surface area contributed by atoms with E-state index in [2.05, 4.69) is 5.32 Å². The van der Waals surface area contributed by atoms with E-state index in [9.17, 15) is 28.7 Å². The Hall–Kier alpha value is -3.40. The second-order valence-electron chi connectivity index (χ2n) is 9.59. The molecule has 2 atom stereocenters. The van der Waals surface area contributed by atoms with Gasteiger partial charge in [0.25, 0.3) is 11.8 Å². The number of nitrogens with zero attached hydrogens (tertiary/aromatic N) is 3. The molecule has 9 nitrogen and oxygen atoms in total. The molecule has 35 heavy (non-hydrogen) atoms. The Morgan fingerprint density at radius 2 is 2.00 bits per heavy atom. The van der Waals surface area contributed by atoms with Crippen molar-refractivity contribution in [3.63, 3.8) is 0 Å². The SMILES string of the molecule is CN(C)C(=O)C1CC12CN(C1CC1)C(=O)c1c(O)c(=O)c(C(=O)NCc3cccc(Cl)c3F)cn12. The predicted molar refractivity (Wildman–Crippen MR) is 124 cm³/mol. The van der Waals surface area contributed by atoms with Crippen molar-refractivity contribution >= 4 is 29.3 Å². The molecule has 5 rings (SSSR count). The number of rotatable bonds is 5. The summed E-state index contributed by atoms with van der Waals surface area (Å²) in [7, 11) is 3.28. The maximum Gasteiger partial charge on any atom is 0.274 e. The molecule has 2 heterocycles. The molecule has 1 aromatic carbocycles. The Morgan fingerprint density at radius 3 is 2.66 bits per heavy atom. The van der Waals surface area contributed by atoms with Crippen molar-refractivity contribution in [1.82, 2.24) is 19.7 Å². The van der Waals surface area contributed by atoms with Crippen molar-refractivity contribution in [1.29, 1.82) is 0 Å². The number of amides is 3. The van der Waals surface area contributed by atoms with Crippen LogP contribution in [-0.2, 0) is 16.9 Å². The van der Waals surface area contributed by atoms with E-state index in [4.69, 9.17) is 11.6 Å². The molecule has 184 valence electrons. The highest BCUT2D eigenvalue weighted by molar-refractivity contribution is 6.30. The second-order valence-corrected chi connectivity index (χ2v) is 10.00. The number of pyridine rings is 1. The van der Waals surface area contributed by atoms with Gasteiger partial charge in [-0.3, -0.25) is 19.2 Å². The van der Waals surface area contributed by atoms with Gasteiger partial charge in [0.05, 0.1) is 16.5 Å². The van der Waals surface area contributed by atoms with Gasteiger partial charge in [-0.15, -0.1) is 0 Å². The van der Waals surface area contributed by atoms with Crippen LogP contribution in [0.15, 0.2) is 29.2 Å². The number of carbonyl (C=O) groups is 3. The molecular formula is C24H24ClFN4O5. The van der Waals surface area contributed by atoms with Gasteiger partial charge in [-0.1, -0.05) is 23.7 Å². The molecule has 2 N–H and O–H groups in total. The highest BCUT2D eigenvalue weighted by atomic mass is 35.5. The average Bonchev–Trinajstić information content (AvgIpc) is 3.74. The lowest BCUT2D eigenvalue weighted by molar-refractivity contribution is -0.131. The van der Waals surface area contributed by atoms with Crippen LogP contribution >= 0.6 is 11.6 Å². The minimum Gasteiger partial charge on any atom is -0.503 e. The summed E-state index contributed by atoms with van der Waals surface area (Å²) in [5, 5.41) is 13.2. The number of halogens is 2. The first-order valence-corrected chi connectivity index (χ1v) is 11.7. The van der Waals surface area contributed by atoms with Crippen molar-refractivity contribution in [2.75, 3.05) is 20.6 Å². The van der Waals surface area contributed by atoms with Crippen LogP contribution < -0.4 is 10.7 Å². The summed E-state index contributed by atoms with van der Waals surface area (Å²) in [6.45, 7) is 0.0132. The van der Waals surface area contributed by atoms with Crippen LogP contribution in [0.1, 0.15) is 45.7 Å². The molecule has 2 unspecified atom stereocenters. The van der Waals surface area contributed by atoms with Crippen LogP contribution in [-0.4, -0.2) is 63.9 Å². The summed E-state index contributed by atoms with van der Waals surface area (Å²) in [5.41, 5.74) is -2.34. The molecular weight excluding hydrogens is 479 g/mol. The molecule has 2 saturated carbocycles. The smallest absolute Gasteiger partial charge is 0.274 e. The minimum absolute atomic E-state index is 0.00824. The van der Waals surface area contributed by atoms with E-state index >= 15 is 0 Å². The zero-order chi connectivity index (χ0) is 25.2. The molecule has 0 bridgehead atoms. The maximum atomic E-state index is 14.2. The van der Waals surface area contributed by atoms with Gasteiger partial charge in [0.15, 0.2) is 11.4 Å². The summed E-state index contributed by atoms with van der Waals surface area (Å²) < 4.78 is 15.6. The third-order valence-electron chi connectivity index (χ3n) is 7.06. The molecule has 3 aliphatic rings. The van der Waals surface area contributed by atoms with Gasteiger partial charge in [0.1, 0.15) is 11.4 Å². The third-order valence-corrected chi connectivity index (χ3v) is 7.35. The monoisotopic (exact) mass is 502 g/mol. The van der Waals surface area contributed by atoms with Crippen molar-refractivity contribution in [2.45, 2.75) is 37.4 Å². The molecule has 3 amide bonds. The van der Waals surface area contributed by atoms with Gasteiger partial charge in [-0.2, -0.15) is 0 Å². The Balaban J connectivity index is 1.53. The minimum atomic E-state index is -1.00. The highest BCUT2D eigenvalue weighted by Crippen LogP contribution is 2.55. The van der Waals surface area contributed by atoms with Crippen molar-refractivity contribution in [2.24, 2.45) is 5.92 Å². The quantitative estimate of drug-likeness (QED) is 0.646. The van der Waals surface area contributed by atoms with E-state index in [1.165, 1.54) is 33.9 Å². The van der Waals surface area contributed by atoms with E-state index in [0.717, 1.165) is 12.8 Å². The van der Waals surface area contributed by atoms with E-state index in [-0.39, 0.29) is 41.3 Å². The number of nitrogens with one attached hydrogen (secondary N) is 1. The highest BCUT2D eigenvalue weighted by Gasteiger charge is 2.65. The molecule has 0 saturated heterocycles. The van der Waals surface area contributed by atoms with E-state index in [0.29, 0.717) is 6.42 Å². The Bertz CT molecular complexity index is 1340. The number of hydrogen-bond donors (Lipinski definition) is 2. The summed E-state index contributed by atoms with van der Waals surface area (Å²) in [6, 6.07) is 4.36. The molecule has 1 aliphatic heterocycles. The van der Waals surface area contributed by atoms with Crippen molar-refractivity contribution in [3.05, 3.63) is 62.3 Å². The Kier molecular flexibility index (Phi) is 5.39. The second kappa shape index (κ2) is 8.08. The first-order valence-electron chi connectivity index (χ1n) is 11.3. The maximum absolute atomic E-state index is 14.2. The zero-order valence-corrected chi connectivity index (χ0v) is 19.9. The van der Waals surface area contributed by atoms with Gasteiger partial charge >= 0.3 is 0 Å². The number of aromatic hydroxyl groups is 1. The summed E-state index contributed by atoms with van der Waals surface area (Å²) in [6.07, 6.45) is 3.29. The summed E-state index contributed by atoms with van der Waals surface area (Å²) in [5.74, 6) is -3.46. The largest absolute Gasteiger partial charge is 0.503 e. The molecule has 0 radical (unpaired) electrons. The van der Waals surface area contributed by atoms with Crippen LogP contribution in [0.2, 0.25) is 5.02 Å². The van der Waals surface area contributed by atoms with Crippen molar-refractivity contribution < 1.29 is 23.9 Å². The molecule has 11 heteroatoms.